The maximum absolute atomic E-state index is 9.51. The van der Waals surface area contributed by atoms with Crippen LogP contribution in [0.15, 0.2) is 50.9 Å². The second kappa shape index (κ2) is 6.06. The Hall–Kier alpha value is -0.550. The third-order valence-corrected chi connectivity index (χ3v) is 4.08. The molecule has 5 heteroatoms. The number of pyridine rings is 1. The van der Waals surface area contributed by atoms with E-state index in [1.165, 1.54) is 11.8 Å². The standard InChI is InChI=1S/C13H11BrClNOS/c1-8(17)11-4-3-10(6-12(11)15)18-13-5-2-9(14)7-16-13/h2-8,17H,1H3. The van der Waals surface area contributed by atoms with Crippen molar-refractivity contribution in [2.24, 2.45) is 0 Å². The first kappa shape index (κ1) is 13.9. The zero-order chi connectivity index (χ0) is 13.1. The molecule has 0 aliphatic carbocycles. The molecule has 0 radical (unpaired) electrons. The van der Waals surface area contributed by atoms with Gasteiger partial charge in [-0.3, -0.25) is 0 Å². The molecule has 2 nitrogen and oxygen atoms in total. The van der Waals surface area contributed by atoms with Gasteiger partial charge in [0.2, 0.25) is 0 Å². The van der Waals surface area contributed by atoms with Crippen LogP contribution in [0, 0.1) is 0 Å². The molecule has 0 fully saturated rings. The zero-order valence-electron chi connectivity index (χ0n) is 9.60. The van der Waals surface area contributed by atoms with E-state index in [1.807, 2.05) is 30.3 Å². The molecule has 0 aliphatic rings. The highest BCUT2D eigenvalue weighted by Crippen LogP contribution is 2.32. The van der Waals surface area contributed by atoms with Gasteiger partial charge in [-0.2, -0.15) is 0 Å². The number of nitrogens with zero attached hydrogens (tertiary/aromatic N) is 1. The van der Waals surface area contributed by atoms with Gasteiger partial charge < -0.3 is 5.11 Å². The van der Waals surface area contributed by atoms with Gasteiger partial charge in [0.05, 0.1) is 6.10 Å². The third kappa shape index (κ3) is 3.48. The van der Waals surface area contributed by atoms with Crippen LogP contribution < -0.4 is 0 Å². The molecule has 18 heavy (non-hydrogen) atoms. The van der Waals surface area contributed by atoms with Crippen LogP contribution in [0.5, 0.6) is 0 Å². The Morgan fingerprint density at radius 3 is 2.67 bits per heavy atom. The topological polar surface area (TPSA) is 33.1 Å². The minimum atomic E-state index is -0.553. The summed E-state index contributed by atoms with van der Waals surface area (Å²) in [5, 5.41) is 11.0. The molecule has 0 bridgehead atoms. The largest absolute Gasteiger partial charge is 0.389 e. The van der Waals surface area contributed by atoms with Crippen molar-refractivity contribution in [3.05, 3.63) is 51.6 Å². The number of aromatic nitrogens is 1. The van der Waals surface area contributed by atoms with Crippen molar-refractivity contribution in [3.8, 4) is 0 Å². The summed E-state index contributed by atoms with van der Waals surface area (Å²) in [5.41, 5.74) is 0.741. The van der Waals surface area contributed by atoms with E-state index in [9.17, 15) is 5.11 Å². The van der Waals surface area contributed by atoms with Crippen LogP contribution in [0.2, 0.25) is 5.02 Å². The number of halogens is 2. The highest BCUT2D eigenvalue weighted by Gasteiger charge is 2.08. The van der Waals surface area contributed by atoms with Crippen molar-refractivity contribution in [3.63, 3.8) is 0 Å². The summed E-state index contributed by atoms with van der Waals surface area (Å²) < 4.78 is 0.953. The minimum Gasteiger partial charge on any atom is -0.389 e. The summed E-state index contributed by atoms with van der Waals surface area (Å²) in [4.78, 5) is 5.28. The van der Waals surface area contributed by atoms with Crippen LogP contribution in [0.25, 0.3) is 0 Å². The van der Waals surface area contributed by atoms with Crippen LogP contribution in [0.4, 0.5) is 0 Å². The maximum Gasteiger partial charge on any atom is 0.101 e. The van der Waals surface area contributed by atoms with Crippen molar-refractivity contribution >= 4 is 39.3 Å². The van der Waals surface area contributed by atoms with Crippen molar-refractivity contribution in [2.45, 2.75) is 22.9 Å². The van der Waals surface area contributed by atoms with Gasteiger partial charge in [0.15, 0.2) is 0 Å². The Morgan fingerprint density at radius 1 is 1.33 bits per heavy atom. The van der Waals surface area contributed by atoms with Crippen molar-refractivity contribution < 1.29 is 5.11 Å². The summed E-state index contributed by atoms with van der Waals surface area (Å²) in [6, 6.07) is 9.50. The predicted octanol–water partition coefficient (Wildman–Crippen LogP) is 4.70. The van der Waals surface area contributed by atoms with E-state index in [0.717, 1.165) is 20.0 Å². The maximum atomic E-state index is 9.51. The molecule has 1 aromatic carbocycles. The van der Waals surface area contributed by atoms with E-state index in [4.69, 9.17) is 11.6 Å². The molecule has 0 saturated heterocycles. The molecule has 0 spiro atoms. The molecular weight excluding hydrogens is 334 g/mol. The molecule has 94 valence electrons. The lowest BCUT2D eigenvalue weighted by molar-refractivity contribution is 0.199. The fraction of sp³-hybridized carbons (Fsp3) is 0.154. The van der Waals surface area contributed by atoms with Crippen LogP contribution in [0.1, 0.15) is 18.6 Å². The van der Waals surface area contributed by atoms with Crippen LogP contribution in [0.3, 0.4) is 0 Å². The molecule has 0 aliphatic heterocycles. The molecule has 2 aromatic rings. The zero-order valence-corrected chi connectivity index (χ0v) is 12.8. The number of aliphatic hydroxyl groups is 1. The lowest BCUT2D eigenvalue weighted by atomic mass is 10.1. The van der Waals surface area contributed by atoms with Gasteiger partial charge in [-0.25, -0.2) is 4.98 Å². The lowest BCUT2D eigenvalue weighted by Gasteiger charge is -2.08. The molecule has 1 heterocycles. The molecule has 1 aromatic heterocycles. The summed E-state index contributed by atoms with van der Waals surface area (Å²) in [6.07, 6.45) is 1.20. The van der Waals surface area contributed by atoms with E-state index < -0.39 is 6.10 Å². The number of rotatable bonds is 3. The molecule has 2 rings (SSSR count). The van der Waals surface area contributed by atoms with Gasteiger partial charge in [-0.15, -0.1) is 0 Å². The van der Waals surface area contributed by atoms with Crippen LogP contribution in [-0.4, -0.2) is 10.1 Å². The highest BCUT2D eigenvalue weighted by atomic mass is 79.9. The second-order valence-electron chi connectivity index (χ2n) is 3.78. The first-order valence-electron chi connectivity index (χ1n) is 5.33. The summed E-state index contributed by atoms with van der Waals surface area (Å²) in [7, 11) is 0. The van der Waals surface area contributed by atoms with Gasteiger partial charge >= 0.3 is 0 Å². The monoisotopic (exact) mass is 343 g/mol. The Kier molecular flexibility index (Phi) is 4.67. The molecule has 0 saturated carbocycles. The summed E-state index contributed by atoms with van der Waals surface area (Å²) in [5.74, 6) is 0. The predicted molar refractivity (Wildman–Crippen MR) is 78.1 cm³/mol. The Balaban J connectivity index is 2.20. The van der Waals surface area contributed by atoms with Crippen molar-refractivity contribution in [1.82, 2.24) is 4.98 Å². The molecule has 1 N–H and O–H groups in total. The van der Waals surface area contributed by atoms with Crippen LogP contribution in [-0.2, 0) is 0 Å². The molecule has 1 atom stereocenters. The highest BCUT2D eigenvalue weighted by molar-refractivity contribution is 9.10. The quantitative estimate of drug-likeness (QED) is 0.876. The van der Waals surface area contributed by atoms with E-state index in [2.05, 4.69) is 20.9 Å². The Labute approximate surface area is 124 Å². The van der Waals surface area contributed by atoms with E-state index in [0.29, 0.717) is 5.02 Å². The minimum absolute atomic E-state index is 0.553. The average molecular weight is 345 g/mol. The van der Waals surface area contributed by atoms with Gasteiger partial charge in [0, 0.05) is 20.6 Å². The third-order valence-electron chi connectivity index (χ3n) is 2.34. The first-order valence-corrected chi connectivity index (χ1v) is 7.32. The van der Waals surface area contributed by atoms with Gasteiger partial charge in [-0.05, 0) is 52.7 Å². The fourth-order valence-electron chi connectivity index (χ4n) is 1.45. The van der Waals surface area contributed by atoms with E-state index in [1.54, 1.807) is 13.1 Å². The van der Waals surface area contributed by atoms with Crippen molar-refractivity contribution in [2.75, 3.05) is 0 Å². The molecule has 1 unspecified atom stereocenters. The number of benzene rings is 1. The first-order chi connectivity index (χ1) is 8.56. The van der Waals surface area contributed by atoms with Crippen molar-refractivity contribution in [1.29, 1.82) is 0 Å². The normalized spacial score (nSPS) is 12.4. The van der Waals surface area contributed by atoms with Gasteiger partial charge in [-0.1, -0.05) is 29.4 Å². The fourth-order valence-corrected chi connectivity index (χ4v) is 2.89. The smallest absolute Gasteiger partial charge is 0.101 e. The molecular formula is C13H11BrClNOS. The van der Waals surface area contributed by atoms with E-state index in [-0.39, 0.29) is 0 Å². The van der Waals surface area contributed by atoms with Gasteiger partial charge in [0.25, 0.3) is 0 Å². The Morgan fingerprint density at radius 2 is 2.11 bits per heavy atom. The Bertz CT molecular complexity index is 545. The van der Waals surface area contributed by atoms with Gasteiger partial charge in [0.1, 0.15) is 5.03 Å². The lowest BCUT2D eigenvalue weighted by Crippen LogP contribution is -1.92. The number of hydrogen-bond acceptors (Lipinski definition) is 3. The average Bonchev–Trinajstić information content (AvgIpc) is 2.32. The second-order valence-corrected chi connectivity index (χ2v) is 6.19. The van der Waals surface area contributed by atoms with E-state index >= 15 is 0 Å². The SMILES string of the molecule is CC(O)c1ccc(Sc2ccc(Br)cn2)cc1Cl. The number of aliphatic hydroxyl groups excluding tert-OH is 1. The summed E-state index contributed by atoms with van der Waals surface area (Å²) in [6.45, 7) is 1.70. The van der Waals surface area contributed by atoms with Crippen LogP contribution >= 0.6 is 39.3 Å². The number of hydrogen-bond donors (Lipinski definition) is 1. The summed E-state index contributed by atoms with van der Waals surface area (Å²) >= 11 is 11.0. The molecule has 0 amide bonds.